The number of oxime groups is 1. The molecule has 0 fully saturated rings. The summed E-state index contributed by atoms with van der Waals surface area (Å²) < 4.78 is 20.5. The van der Waals surface area contributed by atoms with Gasteiger partial charge in [0.2, 0.25) is 0 Å². The number of carbonyl (C=O) groups excluding carboxylic acids is 1. The van der Waals surface area contributed by atoms with E-state index in [1.54, 1.807) is 30.3 Å². The van der Waals surface area contributed by atoms with Crippen molar-refractivity contribution in [2.75, 3.05) is 7.11 Å². The summed E-state index contributed by atoms with van der Waals surface area (Å²) in [4.78, 5) is 17.6. The first-order valence-electron chi connectivity index (χ1n) is 10.9. The van der Waals surface area contributed by atoms with Crippen molar-refractivity contribution in [1.82, 2.24) is 4.57 Å². The minimum Gasteiger partial charge on any atom is -0.465 e. The highest BCUT2D eigenvalue weighted by molar-refractivity contribution is 6.01. The Morgan fingerprint density at radius 2 is 1.62 bits per heavy atom. The first-order chi connectivity index (χ1) is 16.5. The molecule has 0 amide bonds. The molecule has 6 heteroatoms. The van der Waals surface area contributed by atoms with Gasteiger partial charge < -0.3 is 14.1 Å². The van der Waals surface area contributed by atoms with Gasteiger partial charge in [-0.15, -0.1) is 0 Å². The molecule has 4 rings (SSSR count). The lowest BCUT2D eigenvalue weighted by Gasteiger charge is -2.12. The van der Waals surface area contributed by atoms with Gasteiger partial charge in [0.15, 0.2) is 0 Å². The van der Waals surface area contributed by atoms with E-state index in [0.717, 1.165) is 28.2 Å². The number of esters is 1. The third-order valence-corrected chi connectivity index (χ3v) is 5.64. The number of aromatic nitrogens is 1. The maximum atomic E-state index is 13.5. The fourth-order valence-electron chi connectivity index (χ4n) is 3.92. The van der Waals surface area contributed by atoms with E-state index >= 15 is 0 Å². The summed E-state index contributed by atoms with van der Waals surface area (Å²) in [6.45, 7) is 4.02. The maximum Gasteiger partial charge on any atom is 0.338 e. The number of hydrogen-bond acceptors (Lipinski definition) is 4. The van der Waals surface area contributed by atoms with Crippen LogP contribution in [-0.4, -0.2) is 23.4 Å². The Bertz CT molecular complexity index is 1330. The average Bonchev–Trinajstić information content (AvgIpc) is 3.21. The molecule has 172 valence electrons. The zero-order valence-electron chi connectivity index (χ0n) is 19.3. The molecule has 0 bridgehead atoms. The minimum atomic E-state index is -0.417. The normalized spacial score (nSPS) is 11.4. The summed E-state index contributed by atoms with van der Waals surface area (Å²) in [6, 6.07) is 25.5. The first kappa shape index (κ1) is 23.0. The molecule has 0 aliphatic carbocycles. The minimum absolute atomic E-state index is 0.131. The van der Waals surface area contributed by atoms with Gasteiger partial charge in [-0.3, -0.25) is 0 Å². The molecule has 1 heterocycles. The SMILES string of the molecule is COC(=O)c1ccccc1CO/N=C(/C)c1cc(-c2ccc(F)cc2)n(-c2ccccc2)c1C. The molecule has 0 aliphatic heterocycles. The Hall–Kier alpha value is -4.19. The van der Waals surface area contributed by atoms with Crippen LogP contribution in [0.15, 0.2) is 90.1 Å². The molecule has 0 spiro atoms. The summed E-state index contributed by atoms with van der Waals surface area (Å²) in [6.07, 6.45) is 0. The number of ether oxygens (including phenoxy) is 1. The van der Waals surface area contributed by atoms with Crippen molar-refractivity contribution in [2.24, 2.45) is 5.16 Å². The Morgan fingerprint density at radius 3 is 2.32 bits per heavy atom. The van der Waals surface area contributed by atoms with Crippen molar-refractivity contribution in [2.45, 2.75) is 20.5 Å². The molecule has 0 aliphatic rings. The number of halogens is 1. The molecule has 0 unspecified atom stereocenters. The number of nitrogens with zero attached hydrogens (tertiary/aromatic N) is 2. The lowest BCUT2D eigenvalue weighted by Crippen LogP contribution is -2.06. The first-order valence-corrected chi connectivity index (χ1v) is 10.9. The number of carbonyl (C=O) groups is 1. The van der Waals surface area contributed by atoms with Gasteiger partial charge in [-0.25, -0.2) is 9.18 Å². The molecule has 0 atom stereocenters. The van der Waals surface area contributed by atoms with E-state index in [1.807, 2.05) is 56.3 Å². The molecule has 1 aromatic heterocycles. The van der Waals surface area contributed by atoms with Crippen molar-refractivity contribution in [3.8, 4) is 16.9 Å². The Balaban J connectivity index is 1.67. The molecular weight excluding hydrogens is 431 g/mol. The molecule has 0 saturated carbocycles. The van der Waals surface area contributed by atoms with Crippen LogP contribution in [0.5, 0.6) is 0 Å². The number of rotatable bonds is 7. The maximum absolute atomic E-state index is 13.5. The van der Waals surface area contributed by atoms with Crippen molar-refractivity contribution < 1.29 is 18.8 Å². The molecule has 0 saturated heterocycles. The van der Waals surface area contributed by atoms with Crippen molar-refractivity contribution in [3.05, 3.63) is 113 Å². The molecule has 0 radical (unpaired) electrons. The highest BCUT2D eigenvalue weighted by Gasteiger charge is 2.17. The second-order valence-corrected chi connectivity index (χ2v) is 7.81. The number of benzene rings is 3. The summed E-state index contributed by atoms with van der Waals surface area (Å²) >= 11 is 0. The van der Waals surface area contributed by atoms with E-state index in [1.165, 1.54) is 19.2 Å². The van der Waals surface area contributed by atoms with Gasteiger partial charge >= 0.3 is 5.97 Å². The van der Waals surface area contributed by atoms with Crippen LogP contribution in [0.3, 0.4) is 0 Å². The van der Waals surface area contributed by atoms with Gasteiger partial charge in [0.05, 0.1) is 24.1 Å². The van der Waals surface area contributed by atoms with E-state index < -0.39 is 5.97 Å². The molecule has 0 N–H and O–H groups in total. The highest BCUT2D eigenvalue weighted by Crippen LogP contribution is 2.30. The smallest absolute Gasteiger partial charge is 0.338 e. The average molecular weight is 457 g/mol. The predicted molar refractivity (Wildman–Crippen MR) is 131 cm³/mol. The van der Waals surface area contributed by atoms with Gasteiger partial charge in [0.25, 0.3) is 0 Å². The van der Waals surface area contributed by atoms with E-state index in [4.69, 9.17) is 9.57 Å². The quantitative estimate of drug-likeness (QED) is 0.186. The van der Waals surface area contributed by atoms with Crippen LogP contribution >= 0.6 is 0 Å². The van der Waals surface area contributed by atoms with Crippen molar-refractivity contribution in [1.29, 1.82) is 0 Å². The van der Waals surface area contributed by atoms with Gasteiger partial charge in [-0.05, 0) is 67.9 Å². The molecule has 3 aromatic carbocycles. The van der Waals surface area contributed by atoms with Crippen LogP contribution in [0.4, 0.5) is 4.39 Å². The van der Waals surface area contributed by atoms with E-state index in [-0.39, 0.29) is 12.4 Å². The standard InChI is InChI=1S/C28H25FN2O3/c1-19(30-34-18-22-9-7-8-12-25(22)28(32)33-3)26-17-27(21-13-15-23(29)16-14-21)31(20(26)2)24-10-5-4-6-11-24/h4-17H,18H2,1-3H3/b30-19-. The van der Waals surface area contributed by atoms with E-state index in [0.29, 0.717) is 16.8 Å². The number of para-hydroxylation sites is 1. The summed E-state index contributed by atoms with van der Waals surface area (Å²) in [7, 11) is 1.35. The number of hydrogen-bond donors (Lipinski definition) is 0. The van der Waals surface area contributed by atoms with Gasteiger partial charge in [0, 0.05) is 22.5 Å². The van der Waals surface area contributed by atoms with Gasteiger partial charge in [-0.1, -0.05) is 41.6 Å². The fourth-order valence-corrected chi connectivity index (χ4v) is 3.92. The summed E-state index contributed by atoms with van der Waals surface area (Å²) in [5, 5.41) is 4.32. The fraction of sp³-hybridized carbons (Fsp3) is 0.143. The van der Waals surface area contributed by atoms with E-state index in [2.05, 4.69) is 9.72 Å². The zero-order valence-corrected chi connectivity index (χ0v) is 19.3. The summed E-state index contributed by atoms with van der Waals surface area (Å²) in [5.74, 6) is -0.698. The Kier molecular flexibility index (Phi) is 6.87. The van der Waals surface area contributed by atoms with Gasteiger partial charge in [-0.2, -0.15) is 0 Å². The molecule has 34 heavy (non-hydrogen) atoms. The van der Waals surface area contributed by atoms with Crippen LogP contribution in [0, 0.1) is 12.7 Å². The van der Waals surface area contributed by atoms with Crippen molar-refractivity contribution in [3.63, 3.8) is 0 Å². The topological polar surface area (TPSA) is 52.8 Å². The lowest BCUT2D eigenvalue weighted by atomic mass is 10.1. The van der Waals surface area contributed by atoms with Crippen LogP contribution < -0.4 is 0 Å². The van der Waals surface area contributed by atoms with Crippen LogP contribution in [0.25, 0.3) is 16.9 Å². The van der Waals surface area contributed by atoms with Crippen LogP contribution in [-0.2, 0) is 16.2 Å². The molecule has 4 aromatic rings. The Labute approximate surface area is 198 Å². The second-order valence-electron chi connectivity index (χ2n) is 7.81. The second kappa shape index (κ2) is 10.2. The summed E-state index contributed by atoms with van der Waals surface area (Å²) in [5.41, 5.74) is 6.51. The zero-order chi connectivity index (χ0) is 24.1. The van der Waals surface area contributed by atoms with E-state index in [9.17, 15) is 9.18 Å². The third kappa shape index (κ3) is 4.76. The third-order valence-electron chi connectivity index (χ3n) is 5.64. The lowest BCUT2D eigenvalue weighted by molar-refractivity contribution is 0.0593. The highest BCUT2D eigenvalue weighted by atomic mass is 19.1. The Morgan fingerprint density at radius 1 is 0.941 bits per heavy atom. The largest absolute Gasteiger partial charge is 0.465 e. The van der Waals surface area contributed by atoms with Crippen molar-refractivity contribution >= 4 is 11.7 Å². The van der Waals surface area contributed by atoms with Crippen LogP contribution in [0.1, 0.15) is 34.1 Å². The predicted octanol–water partition coefficient (Wildman–Crippen LogP) is 6.32. The van der Waals surface area contributed by atoms with Crippen LogP contribution in [0.2, 0.25) is 0 Å². The number of methoxy groups -OCH3 is 1. The monoisotopic (exact) mass is 456 g/mol. The molecule has 5 nitrogen and oxygen atoms in total. The van der Waals surface area contributed by atoms with Gasteiger partial charge in [0.1, 0.15) is 12.4 Å². The molecular formula is C28H25FN2O3.